The lowest BCUT2D eigenvalue weighted by molar-refractivity contribution is -0.128. The highest BCUT2D eigenvalue weighted by atomic mass is 32.1. The van der Waals surface area contributed by atoms with E-state index in [9.17, 15) is 14.0 Å². The Labute approximate surface area is 137 Å². The highest BCUT2D eigenvalue weighted by Crippen LogP contribution is 2.20. The van der Waals surface area contributed by atoms with E-state index in [1.165, 1.54) is 6.07 Å². The van der Waals surface area contributed by atoms with Crippen molar-refractivity contribution >= 4 is 28.8 Å². The number of nitrogens with two attached hydrogens (primary N) is 1. The van der Waals surface area contributed by atoms with Crippen molar-refractivity contribution in [3.05, 3.63) is 51.5 Å². The van der Waals surface area contributed by atoms with Gasteiger partial charge in [-0.05, 0) is 36.1 Å². The van der Waals surface area contributed by atoms with E-state index in [0.29, 0.717) is 17.8 Å². The van der Waals surface area contributed by atoms with E-state index >= 15 is 0 Å². The van der Waals surface area contributed by atoms with Gasteiger partial charge in [-0.25, -0.2) is 4.39 Å². The highest BCUT2D eigenvalue weighted by Gasteiger charge is 2.14. The molecule has 3 N–H and O–H groups in total. The number of benzene rings is 1. The lowest BCUT2D eigenvalue weighted by Crippen LogP contribution is -2.32. The van der Waals surface area contributed by atoms with Gasteiger partial charge in [0, 0.05) is 17.6 Å². The molecule has 122 valence electrons. The summed E-state index contributed by atoms with van der Waals surface area (Å²) in [6.45, 7) is 2.09. The van der Waals surface area contributed by atoms with Gasteiger partial charge in [0.2, 0.25) is 5.91 Å². The van der Waals surface area contributed by atoms with Crippen molar-refractivity contribution in [3.8, 4) is 0 Å². The highest BCUT2D eigenvalue weighted by molar-refractivity contribution is 7.09. The summed E-state index contributed by atoms with van der Waals surface area (Å²) in [5.74, 6) is -1.40. The molecule has 5 nitrogen and oxygen atoms in total. The number of carbonyl (C=O) groups is 2. The van der Waals surface area contributed by atoms with Crippen molar-refractivity contribution in [1.29, 1.82) is 0 Å². The monoisotopic (exact) mass is 335 g/mol. The zero-order valence-electron chi connectivity index (χ0n) is 12.9. The predicted molar refractivity (Wildman–Crippen MR) is 88.9 cm³/mol. The first-order valence-corrected chi connectivity index (χ1v) is 7.86. The minimum absolute atomic E-state index is 0.00672. The van der Waals surface area contributed by atoms with Gasteiger partial charge in [0.05, 0.1) is 18.7 Å². The summed E-state index contributed by atoms with van der Waals surface area (Å²) < 4.78 is 13.5. The van der Waals surface area contributed by atoms with Crippen molar-refractivity contribution < 1.29 is 14.0 Å². The number of thiophene rings is 1. The van der Waals surface area contributed by atoms with Crippen molar-refractivity contribution in [1.82, 2.24) is 4.90 Å². The van der Waals surface area contributed by atoms with E-state index in [2.05, 4.69) is 5.32 Å². The fraction of sp³-hybridized carbons (Fsp3) is 0.250. The van der Waals surface area contributed by atoms with Crippen LogP contribution in [0, 0.1) is 12.7 Å². The average Bonchev–Trinajstić information content (AvgIpc) is 3.00. The second-order valence-corrected chi connectivity index (χ2v) is 6.23. The molecule has 0 spiro atoms. The number of hydrogen-bond acceptors (Lipinski definition) is 4. The molecule has 0 aliphatic rings. The number of nitrogens with one attached hydrogen (secondary N) is 1. The van der Waals surface area contributed by atoms with Crippen LogP contribution in [0.25, 0.3) is 0 Å². The molecule has 0 fully saturated rings. The molecule has 7 heteroatoms. The summed E-state index contributed by atoms with van der Waals surface area (Å²) >= 11 is 1.58. The quantitative estimate of drug-likeness (QED) is 0.851. The number of hydrogen-bond donors (Lipinski definition) is 2. The second-order valence-electron chi connectivity index (χ2n) is 5.19. The molecule has 23 heavy (non-hydrogen) atoms. The standard InChI is InChI=1S/C16H18FN3O2S/c1-10-6-14(12(16(18)22)7-13(10)17)19-8-15(21)20(2)9-11-4-3-5-23-11/h3-7,19H,8-9H2,1-2H3,(H2,18,22). The molecule has 2 amide bonds. The zero-order chi connectivity index (χ0) is 17.0. The number of amides is 2. The maximum atomic E-state index is 13.5. The van der Waals surface area contributed by atoms with Gasteiger partial charge < -0.3 is 16.0 Å². The largest absolute Gasteiger partial charge is 0.375 e. The lowest BCUT2D eigenvalue weighted by Gasteiger charge is -2.18. The molecule has 0 aliphatic carbocycles. The maximum absolute atomic E-state index is 13.5. The number of likely N-dealkylation sites (N-methyl/N-ethyl adjacent to an activating group) is 1. The van der Waals surface area contributed by atoms with Crippen LogP contribution in [-0.2, 0) is 11.3 Å². The minimum Gasteiger partial charge on any atom is -0.375 e. The Bertz CT molecular complexity index is 716. The van der Waals surface area contributed by atoms with Crippen LogP contribution in [-0.4, -0.2) is 30.3 Å². The van der Waals surface area contributed by atoms with E-state index in [1.54, 1.807) is 30.2 Å². The summed E-state index contributed by atoms with van der Waals surface area (Å²) in [5, 5.41) is 4.82. The summed E-state index contributed by atoms with van der Waals surface area (Å²) in [7, 11) is 1.70. The summed E-state index contributed by atoms with van der Waals surface area (Å²) in [6, 6.07) is 6.44. The Hall–Kier alpha value is -2.41. The van der Waals surface area contributed by atoms with Gasteiger partial charge in [0.15, 0.2) is 0 Å². The van der Waals surface area contributed by atoms with Crippen LogP contribution < -0.4 is 11.1 Å². The van der Waals surface area contributed by atoms with Crippen LogP contribution in [0.4, 0.5) is 10.1 Å². The number of aryl methyl sites for hydroxylation is 1. The van der Waals surface area contributed by atoms with Gasteiger partial charge in [-0.3, -0.25) is 9.59 Å². The molecule has 0 bridgehead atoms. The van der Waals surface area contributed by atoms with E-state index in [-0.39, 0.29) is 18.0 Å². The van der Waals surface area contributed by atoms with Crippen LogP contribution in [0.5, 0.6) is 0 Å². The molecular formula is C16H18FN3O2S. The van der Waals surface area contributed by atoms with E-state index in [4.69, 9.17) is 5.73 Å². The predicted octanol–water partition coefficient (Wildman–Crippen LogP) is 2.37. The molecule has 0 unspecified atom stereocenters. The molecule has 0 atom stereocenters. The summed E-state index contributed by atoms with van der Waals surface area (Å²) in [6.07, 6.45) is 0. The van der Waals surface area contributed by atoms with Gasteiger partial charge in [-0.2, -0.15) is 0 Å². The van der Waals surface area contributed by atoms with Crippen LogP contribution in [0.1, 0.15) is 20.8 Å². The number of carbonyl (C=O) groups excluding carboxylic acids is 2. The molecular weight excluding hydrogens is 317 g/mol. The molecule has 0 saturated carbocycles. The third-order valence-corrected chi connectivity index (χ3v) is 4.25. The molecule has 1 aromatic heterocycles. The maximum Gasteiger partial charge on any atom is 0.250 e. The van der Waals surface area contributed by atoms with Gasteiger partial charge in [0.1, 0.15) is 5.82 Å². The average molecular weight is 335 g/mol. The van der Waals surface area contributed by atoms with Crippen molar-refractivity contribution in [2.24, 2.45) is 5.73 Å². The van der Waals surface area contributed by atoms with Gasteiger partial charge in [-0.1, -0.05) is 6.07 Å². The second kappa shape index (κ2) is 7.23. The number of rotatable bonds is 6. The molecule has 0 saturated heterocycles. The fourth-order valence-electron chi connectivity index (χ4n) is 2.06. The SMILES string of the molecule is Cc1cc(NCC(=O)N(C)Cc2cccs2)c(C(N)=O)cc1F. The first-order chi connectivity index (χ1) is 10.9. The van der Waals surface area contributed by atoms with Crippen LogP contribution >= 0.6 is 11.3 Å². The minimum atomic E-state index is -0.745. The van der Waals surface area contributed by atoms with Crippen molar-refractivity contribution in [2.45, 2.75) is 13.5 Å². The number of anilines is 1. The van der Waals surface area contributed by atoms with E-state index < -0.39 is 11.7 Å². The van der Waals surface area contributed by atoms with Crippen LogP contribution in [0.2, 0.25) is 0 Å². The van der Waals surface area contributed by atoms with Gasteiger partial charge in [-0.15, -0.1) is 11.3 Å². The Kier molecular flexibility index (Phi) is 5.33. The Morgan fingerprint density at radius 1 is 1.39 bits per heavy atom. The van der Waals surface area contributed by atoms with E-state index in [0.717, 1.165) is 10.9 Å². The van der Waals surface area contributed by atoms with Crippen LogP contribution in [0.3, 0.4) is 0 Å². The van der Waals surface area contributed by atoms with Crippen molar-refractivity contribution in [3.63, 3.8) is 0 Å². The third-order valence-electron chi connectivity index (χ3n) is 3.39. The number of primary amides is 1. The number of nitrogens with zero attached hydrogens (tertiary/aromatic N) is 1. The Morgan fingerprint density at radius 2 is 2.13 bits per heavy atom. The van der Waals surface area contributed by atoms with E-state index in [1.807, 2.05) is 17.5 Å². The zero-order valence-corrected chi connectivity index (χ0v) is 13.7. The topological polar surface area (TPSA) is 75.4 Å². The number of halogens is 1. The van der Waals surface area contributed by atoms with Crippen molar-refractivity contribution in [2.75, 3.05) is 18.9 Å². The smallest absolute Gasteiger partial charge is 0.250 e. The molecule has 1 heterocycles. The molecule has 2 rings (SSSR count). The lowest BCUT2D eigenvalue weighted by atomic mass is 10.1. The Balaban J connectivity index is 2.03. The van der Waals surface area contributed by atoms with Gasteiger partial charge in [0.25, 0.3) is 5.91 Å². The molecule has 0 radical (unpaired) electrons. The first kappa shape index (κ1) is 17.0. The third kappa shape index (κ3) is 4.29. The normalized spacial score (nSPS) is 10.4. The molecule has 0 aliphatic heterocycles. The first-order valence-electron chi connectivity index (χ1n) is 6.98. The van der Waals surface area contributed by atoms with Gasteiger partial charge >= 0.3 is 0 Å². The molecule has 2 aromatic rings. The molecule has 1 aromatic carbocycles. The fourth-order valence-corrected chi connectivity index (χ4v) is 2.82. The summed E-state index contributed by atoms with van der Waals surface area (Å²) in [5.41, 5.74) is 6.01. The Morgan fingerprint density at radius 3 is 2.74 bits per heavy atom. The summed E-state index contributed by atoms with van der Waals surface area (Å²) in [4.78, 5) is 26.2. The van der Waals surface area contributed by atoms with Crippen LogP contribution in [0.15, 0.2) is 29.6 Å².